The van der Waals surface area contributed by atoms with Gasteiger partial charge in [0.05, 0.1) is 5.01 Å². The average Bonchev–Trinajstić information content (AvgIpc) is 2.68. The van der Waals surface area contributed by atoms with Gasteiger partial charge in [-0.05, 0) is 31.0 Å². The molecular formula is C13H15FN2S. The molecule has 0 fully saturated rings. The summed E-state index contributed by atoms with van der Waals surface area (Å²) in [6.45, 7) is 3.70. The van der Waals surface area contributed by atoms with Crippen LogP contribution in [0.15, 0.2) is 23.6 Å². The van der Waals surface area contributed by atoms with Gasteiger partial charge in [0.1, 0.15) is 5.82 Å². The second kappa shape index (κ2) is 4.94. The summed E-state index contributed by atoms with van der Waals surface area (Å²) in [7, 11) is 0. The quantitative estimate of drug-likeness (QED) is 0.909. The molecule has 0 saturated carbocycles. The number of nitrogens with two attached hydrogens (primary N) is 1. The summed E-state index contributed by atoms with van der Waals surface area (Å²) >= 11 is 1.60. The third kappa shape index (κ3) is 2.90. The lowest BCUT2D eigenvalue weighted by Gasteiger charge is -2.11. The summed E-state index contributed by atoms with van der Waals surface area (Å²) in [5, 5.41) is 2.99. The Hall–Kier alpha value is -1.26. The van der Waals surface area contributed by atoms with Crippen LogP contribution in [0.2, 0.25) is 0 Å². The number of aromatic nitrogens is 1. The molecular weight excluding hydrogens is 235 g/mol. The Balaban J connectivity index is 2.14. The molecule has 1 heterocycles. The highest BCUT2D eigenvalue weighted by atomic mass is 32.1. The van der Waals surface area contributed by atoms with Crippen LogP contribution >= 0.6 is 11.3 Å². The fraction of sp³-hybridized carbons (Fsp3) is 0.308. The molecule has 90 valence electrons. The number of nitrogens with zero attached hydrogens (tertiary/aromatic N) is 1. The number of thiazole rings is 1. The molecule has 1 unspecified atom stereocenters. The lowest BCUT2D eigenvalue weighted by molar-refractivity contribution is 0.609. The molecule has 2 nitrogen and oxygen atoms in total. The number of hydrogen-bond donors (Lipinski definition) is 1. The van der Waals surface area contributed by atoms with Gasteiger partial charge in [0.15, 0.2) is 0 Å². The van der Waals surface area contributed by atoms with Crippen molar-refractivity contribution >= 4 is 11.3 Å². The molecule has 4 heteroatoms. The van der Waals surface area contributed by atoms with Gasteiger partial charge >= 0.3 is 0 Å². The Morgan fingerprint density at radius 3 is 2.76 bits per heavy atom. The van der Waals surface area contributed by atoms with Crippen LogP contribution < -0.4 is 5.73 Å². The lowest BCUT2D eigenvalue weighted by atomic mass is 10.0. The van der Waals surface area contributed by atoms with Crippen molar-refractivity contribution in [1.29, 1.82) is 0 Å². The summed E-state index contributed by atoms with van der Waals surface area (Å²) in [4.78, 5) is 4.36. The SMILES string of the molecule is Cc1csc(CC(N)c2ccc(C)c(F)c2)n1. The first kappa shape index (κ1) is 12.2. The first-order valence-electron chi connectivity index (χ1n) is 5.49. The highest BCUT2D eigenvalue weighted by Crippen LogP contribution is 2.20. The van der Waals surface area contributed by atoms with Gasteiger partial charge in [-0.1, -0.05) is 12.1 Å². The van der Waals surface area contributed by atoms with E-state index in [4.69, 9.17) is 5.73 Å². The van der Waals surface area contributed by atoms with Crippen LogP contribution in [0.5, 0.6) is 0 Å². The zero-order chi connectivity index (χ0) is 12.4. The minimum absolute atomic E-state index is 0.198. The van der Waals surface area contributed by atoms with Crippen molar-refractivity contribution in [1.82, 2.24) is 4.98 Å². The van der Waals surface area contributed by atoms with E-state index in [0.29, 0.717) is 12.0 Å². The van der Waals surface area contributed by atoms with E-state index in [1.165, 1.54) is 6.07 Å². The first-order valence-corrected chi connectivity index (χ1v) is 6.37. The zero-order valence-corrected chi connectivity index (χ0v) is 10.7. The number of halogens is 1. The van der Waals surface area contributed by atoms with E-state index < -0.39 is 0 Å². The van der Waals surface area contributed by atoms with Crippen molar-refractivity contribution in [3.8, 4) is 0 Å². The van der Waals surface area contributed by atoms with Gasteiger partial charge in [-0.3, -0.25) is 0 Å². The van der Waals surface area contributed by atoms with E-state index in [0.717, 1.165) is 16.3 Å². The standard InChI is InChI=1S/C13H15FN2S/c1-8-3-4-10(5-11(8)14)12(15)6-13-16-9(2)7-17-13/h3-5,7,12H,6,15H2,1-2H3. The maximum atomic E-state index is 13.4. The predicted molar refractivity (Wildman–Crippen MR) is 68.6 cm³/mol. The van der Waals surface area contributed by atoms with E-state index in [9.17, 15) is 4.39 Å². The molecule has 17 heavy (non-hydrogen) atoms. The van der Waals surface area contributed by atoms with Crippen LogP contribution in [-0.4, -0.2) is 4.98 Å². The van der Waals surface area contributed by atoms with Crippen LogP contribution in [-0.2, 0) is 6.42 Å². The average molecular weight is 250 g/mol. The molecule has 1 aromatic carbocycles. The predicted octanol–water partition coefficient (Wildman–Crippen LogP) is 3.14. The molecule has 2 aromatic rings. The maximum Gasteiger partial charge on any atom is 0.126 e. The molecule has 0 aliphatic heterocycles. The van der Waals surface area contributed by atoms with Gasteiger partial charge in [0.25, 0.3) is 0 Å². The Bertz CT molecular complexity index is 522. The molecule has 0 amide bonds. The van der Waals surface area contributed by atoms with Gasteiger partial charge in [0, 0.05) is 23.5 Å². The Kier molecular flexibility index (Phi) is 3.54. The van der Waals surface area contributed by atoms with Crippen LogP contribution in [0.1, 0.15) is 27.9 Å². The summed E-state index contributed by atoms with van der Waals surface area (Å²) in [5.41, 5.74) is 8.53. The van der Waals surface area contributed by atoms with Crippen LogP contribution in [0.4, 0.5) is 4.39 Å². The molecule has 0 aliphatic rings. The topological polar surface area (TPSA) is 38.9 Å². The third-order valence-electron chi connectivity index (χ3n) is 2.69. The highest BCUT2D eigenvalue weighted by Gasteiger charge is 2.11. The Labute approximate surface area is 104 Å². The van der Waals surface area contributed by atoms with Crippen molar-refractivity contribution in [2.24, 2.45) is 5.73 Å². The summed E-state index contributed by atoms with van der Waals surface area (Å²) in [5.74, 6) is -0.201. The Morgan fingerprint density at radius 2 is 2.18 bits per heavy atom. The van der Waals surface area contributed by atoms with Gasteiger partial charge in [0.2, 0.25) is 0 Å². The smallest absolute Gasteiger partial charge is 0.126 e. The number of rotatable bonds is 3. The van der Waals surface area contributed by atoms with E-state index in [2.05, 4.69) is 4.98 Å². The molecule has 0 radical (unpaired) electrons. The molecule has 1 aromatic heterocycles. The van der Waals surface area contributed by atoms with Crippen LogP contribution in [0.3, 0.4) is 0 Å². The van der Waals surface area contributed by atoms with Gasteiger partial charge in [-0.2, -0.15) is 0 Å². The molecule has 2 N–H and O–H groups in total. The van der Waals surface area contributed by atoms with Crippen molar-refractivity contribution in [2.45, 2.75) is 26.3 Å². The minimum Gasteiger partial charge on any atom is -0.324 e. The fourth-order valence-corrected chi connectivity index (χ4v) is 2.47. The zero-order valence-electron chi connectivity index (χ0n) is 9.90. The number of aryl methyl sites for hydroxylation is 2. The molecule has 2 rings (SSSR count). The fourth-order valence-electron chi connectivity index (χ4n) is 1.64. The van der Waals surface area contributed by atoms with Gasteiger partial charge in [-0.15, -0.1) is 11.3 Å². The molecule has 0 saturated heterocycles. The minimum atomic E-state index is -0.201. The number of hydrogen-bond acceptors (Lipinski definition) is 3. The van der Waals surface area contributed by atoms with Crippen molar-refractivity contribution in [3.63, 3.8) is 0 Å². The normalized spacial score (nSPS) is 12.7. The molecule has 0 aliphatic carbocycles. The monoisotopic (exact) mass is 250 g/mol. The summed E-state index contributed by atoms with van der Waals surface area (Å²) in [6.07, 6.45) is 0.654. The van der Waals surface area contributed by atoms with Gasteiger partial charge < -0.3 is 5.73 Å². The maximum absolute atomic E-state index is 13.4. The number of benzene rings is 1. The second-order valence-corrected chi connectivity index (χ2v) is 5.14. The first-order chi connectivity index (χ1) is 8.06. The van der Waals surface area contributed by atoms with E-state index in [1.54, 1.807) is 24.3 Å². The van der Waals surface area contributed by atoms with E-state index in [-0.39, 0.29) is 11.9 Å². The largest absolute Gasteiger partial charge is 0.324 e. The lowest BCUT2D eigenvalue weighted by Crippen LogP contribution is -2.13. The van der Waals surface area contributed by atoms with Gasteiger partial charge in [-0.25, -0.2) is 9.37 Å². The van der Waals surface area contributed by atoms with E-state index >= 15 is 0 Å². The summed E-state index contributed by atoms with van der Waals surface area (Å²) < 4.78 is 13.4. The molecule has 1 atom stereocenters. The third-order valence-corrected chi connectivity index (χ3v) is 3.67. The second-order valence-electron chi connectivity index (χ2n) is 4.20. The van der Waals surface area contributed by atoms with Crippen molar-refractivity contribution < 1.29 is 4.39 Å². The summed E-state index contributed by atoms with van der Waals surface area (Å²) in [6, 6.07) is 4.96. The highest BCUT2D eigenvalue weighted by molar-refractivity contribution is 7.09. The van der Waals surface area contributed by atoms with E-state index in [1.807, 2.05) is 18.4 Å². The van der Waals surface area contributed by atoms with Crippen molar-refractivity contribution in [3.05, 3.63) is 51.2 Å². The van der Waals surface area contributed by atoms with Crippen molar-refractivity contribution in [2.75, 3.05) is 0 Å². The molecule has 0 spiro atoms. The van der Waals surface area contributed by atoms with Crippen LogP contribution in [0, 0.1) is 19.7 Å². The molecule has 0 bridgehead atoms. The Morgan fingerprint density at radius 1 is 1.41 bits per heavy atom. The van der Waals surface area contributed by atoms with Crippen LogP contribution in [0.25, 0.3) is 0 Å².